The van der Waals surface area contributed by atoms with Crippen LogP contribution in [0.4, 0.5) is 23.2 Å². The Morgan fingerprint density at radius 2 is 1.75 bits per heavy atom. The van der Waals surface area contributed by atoms with E-state index >= 15 is 4.39 Å². The summed E-state index contributed by atoms with van der Waals surface area (Å²) in [6.07, 6.45) is -1.12. The van der Waals surface area contributed by atoms with Crippen LogP contribution < -0.4 is 16.3 Å². The van der Waals surface area contributed by atoms with E-state index in [1.807, 2.05) is 6.07 Å². The van der Waals surface area contributed by atoms with E-state index in [1.54, 1.807) is 45.2 Å². The van der Waals surface area contributed by atoms with Gasteiger partial charge in [0.15, 0.2) is 0 Å². The summed E-state index contributed by atoms with van der Waals surface area (Å²) in [7, 11) is 1.64. The molecule has 11 nitrogen and oxygen atoms in total. The number of alkyl halides is 4. The second-order valence-electron chi connectivity index (χ2n) is 16.8. The summed E-state index contributed by atoms with van der Waals surface area (Å²) in [4.78, 5) is 58.2. The zero-order valence-electron chi connectivity index (χ0n) is 32.9. The number of para-hydroxylation sites is 1. The Morgan fingerprint density at radius 1 is 1.00 bits per heavy atom. The van der Waals surface area contributed by atoms with Crippen molar-refractivity contribution in [2.45, 2.75) is 94.6 Å². The number of aryl methyl sites for hydroxylation is 1. The van der Waals surface area contributed by atoms with Crippen molar-refractivity contribution in [1.29, 1.82) is 0 Å². The molecule has 3 fully saturated rings. The lowest BCUT2D eigenvalue weighted by molar-refractivity contribution is -0.138. The van der Waals surface area contributed by atoms with Gasteiger partial charge in [-0.15, -0.1) is 11.3 Å². The second kappa shape index (κ2) is 15.6. The third-order valence-corrected chi connectivity index (χ3v) is 13.5. The second-order valence-corrected chi connectivity index (χ2v) is 17.9. The quantitative estimate of drug-likeness (QED) is 0.109. The van der Waals surface area contributed by atoms with E-state index in [4.69, 9.17) is 4.98 Å². The Morgan fingerprint density at radius 3 is 2.44 bits per heavy atom. The molecule has 3 N–H and O–H groups in total. The van der Waals surface area contributed by atoms with E-state index in [0.29, 0.717) is 46.7 Å². The van der Waals surface area contributed by atoms with Crippen molar-refractivity contribution >= 4 is 56.0 Å². The SMILES string of the molecule is Cn1c(=O)n(C2CCC(=O)NC2=O)c2cccc([C@@H]3CCN(CC4CCC(c5nc6cc(C(C)(C)O)c(NC(=O)c7cccc(C(F)(F)F)c7)cc6s5)CC4)C[C@H]3F)c21. The lowest BCUT2D eigenvalue weighted by Crippen LogP contribution is -2.44. The summed E-state index contributed by atoms with van der Waals surface area (Å²) in [6, 6.07) is 12.3. The summed E-state index contributed by atoms with van der Waals surface area (Å²) in [5.74, 6) is -1.42. The molecule has 16 heteroatoms. The fraction of sp³-hybridized carbons (Fsp3) is 0.465. The molecule has 312 valence electrons. The van der Waals surface area contributed by atoms with Gasteiger partial charge < -0.3 is 15.3 Å². The Kier molecular flexibility index (Phi) is 10.8. The monoisotopic (exact) mass is 834 g/mol. The van der Waals surface area contributed by atoms with Crippen LogP contribution >= 0.6 is 11.3 Å². The number of carbonyl (C=O) groups excluding carboxylic acids is 3. The average Bonchev–Trinajstić information content (AvgIpc) is 3.71. The normalized spacial score (nSPS) is 23.5. The van der Waals surface area contributed by atoms with Crippen molar-refractivity contribution in [2.75, 3.05) is 25.0 Å². The minimum Gasteiger partial charge on any atom is -0.386 e. The number of imidazole rings is 1. The van der Waals surface area contributed by atoms with E-state index in [-0.39, 0.29) is 42.5 Å². The molecule has 5 aromatic rings. The van der Waals surface area contributed by atoms with E-state index in [0.717, 1.165) is 59.6 Å². The number of aromatic nitrogens is 3. The molecule has 1 aliphatic carbocycles. The van der Waals surface area contributed by atoms with Crippen molar-refractivity contribution < 1.29 is 37.1 Å². The van der Waals surface area contributed by atoms with Gasteiger partial charge in [0.25, 0.3) is 5.91 Å². The number of amides is 3. The number of carbonyl (C=O) groups is 3. The number of piperidine rings is 2. The highest BCUT2D eigenvalue weighted by Crippen LogP contribution is 2.43. The van der Waals surface area contributed by atoms with Crippen LogP contribution in [-0.2, 0) is 28.4 Å². The summed E-state index contributed by atoms with van der Waals surface area (Å²) in [6.45, 7) is 4.90. The molecule has 1 saturated carbocycles. The molecule has 2 aliphatic heterocycles. The highest BCUT2D eigenvalue weighted by molar-refractivity contribution is 7.18. The molecule has 2 saturated heterocycles. The molecule has 1 unspecified atom stereocenters. The molecule has 4 heterocycles. The van der Waals surface area contributed by atoms with Gasteiger partial charge in [-0.05, 0) is 107 Å². The predicted molar refractivity (Wildman–Crippen MR) is 216 cm³/mol. The zero-order chi connectivity index (χ0) is 42.0. The molecule has 8 rings (SSSR count). The van der Waals surface area contributed by atoms with Crippen LogP contribution in [0, 0.1) is 5.92 Å². The molecular formula is C43H46F4N6O5S. The van der Waals surface area contributed by atoms with Crippen molar-refractivity contribution in [3.63, 3.8) is 0 Å². The number of rotatable bonds is 8. The number of nitrogens with one attached hydrogen (secondary N) is 2. The molecule has 3 amide bonds. The molecule has 3 aliphatic rings. The van der Waals surface area contributed by atoms with E-state index in [2.05, 4.69) is 15.5 Å². The molecule has 3 aromatic carbocycles. The number of fused-ring (bicyclic) bond motifs is 2. The molecule has 2 aromatic heterocycles. The number of halogens is 4. The standard InChI is InChI=1S/C43H46F4N6O5S/c1-42(2,58)29-19-32-35(20-31(29)48-38(55)25-6-4-7-26(18-25)43(45,46)47)59-40(49-32)24-12-10-23(11-13-24)21-52-17-16-27(30(44)22-52)28-8-5-9-33-37(28)51(3)41(57)53(33)34-14-15-36(54)50-39(34)56/h4-9,18-20,23-24,27,30,34,58H,10-17,21-22H2,1-3H3,(H,48,55)(H,50,54,56)/t23?,24?,27-,30+,34?/m0/s1. The van der Waals surface area contributed by atoms with Gasteiger partial charge in [0, 0.05) is 55.2 Å². The molecule has 0 spiro atoms. The van der Waals surface area contributed by atoms with Gasteiger partial charge in [-0.3, -0.25) is 28.8 Å². The van der Waals surface area contributed by atoms with Crippen LogP contribution in [0.25, 0.3) is 21.3 Å². The van der Waals surface area contributed by atoms with Gasteiger partial charge in [0.1, 0.15) is 12.2 Å². The number of hydrogen-bond donors (Lipinski definition) is 3. The van der Waals surface area contributed by atoms with Crippen molar-refractivity contribution in [2.24, 2.45) is 13.0 Å². The number of imide groups is 1. The molecule has 59 heavy (non-hydrogen) atoms. The lowest BCUT2D eigenvalue weighted by Gasteiger charge is -2.38. The van der Waals surface area contributed by atoms with E-state index in [1.165, 1.54) is 32.6 Å². The first-order chi connectivity index (χ1) is 28.0. The first-order valence-electron chi connectivity index (χ1n) is 20.0. The van der Waals surface area contributed by atoms with E-state index in [9.17, 15) is 37.5 Å². The third kappa shape index (κ3) is 8.06. The van der Waals surface area contributed by atoms with Gasteiger partial charge in [-0.25, -0.2) is 14.2 Å². The number of likely N-dealkylation sites (tertiary alicyclic amines) is 1. The maximum Gasteiger partial charge on any atom is 0.416 e. The van der Waals surface area contributed by atoms with Crippen LogP contribution in [0.5, 0.6) is 0 Å². The summed E-state index contributed by atoms with van der Waals surface area (Å²) >= 11 is 1.50. The molecule has 0 radical (unpaired) electrons. The number of thiazole rings is 1. The summed E-state index contributed by atoms with van der Waals surface area (Å²) in [5.41, 5.74) is 0.447. The maximum absolute atomic E-state index is 16.2. The highest BCUT2D eigenvalue weighted by Gasteiger charge is 2.37. The van der Waals surface area contributed by atoms with Crippen LogP contribution in [0.1, 0.15) is 109 Å². The van der Waals surface area contributed by atoms with Crippen molar-refractivity contribution in [3.05, 3.63) is 92.3 Å². The summed E-state index contributed by atoms with van der Waals surface area (Å²) < 4.78 is 59.9. The fourth-order valence-electron chi connectivity index (χ4n) is 9.25. The smallest absolute Gasteiger partial charge is 0.386 e. The minimum absolute atomic E-state index is 0.140. The Balaban J connectivity index is 0.912. The minimum atomic E-state index is -4.60. The van der Waals surface area contributed by atoms with Gasteiger partial charge in [-0.1, -0.05) is 18.2 Å². The first kappa shape index (κ1) is 40.8. The van der Waals surface area contributed by atoms with Gasteiger partial charge >= 0.3 is 11.9 Å². The van der Waals surface area contributed by atoms with Crippen molar-refractivity contribution in [3.8, 4) is 0 Å². The maximum atomic E-state index is 16.2. The topological polar surface area (TPSA) is 139 Å². The Bertz CT molecular complexity index is 2510. The number of aliphatic hydroxyl groups is 1. The van der Waals surface area contributed by atoms with E-state index < -0.39 is 47.3 Å². The highest BCUT2D eigenvalue weighted by atomic mass is 32.1. The van der Waals surface area contributed by atoms with Crippen LogP contribution in [-0.4, -0.2) is 67.7 Å². The zero-order valence-corrected chi connectivity index (χ0v) is 33.8. The number of anilines is 1. The van der Waals surface area contributed by atoms with Crippen LogP contribution in [0.15, 0.2) is 59.4 Å². The van der Waals surface area contributed by atoms with Crippen LogP contribution in [0.2, 0.25) is 0 Å². The van der Waals surface area contributed by atoms with Crippen LogP contribution in [0.3, 0.4) is 0 Å². The summed E-state index contributed by atoms with van der Waals surface area (Å²) in [5, 5.41) is 17.0. The number of benzene rings is 3. The average molecular weight is 835 g/mol. The molecule has 0 bridgehead atoms. The number of hydrogen-bond acceptors (Lipinski definition) is 8. The predicted octanol–water partition coefficient (Wildman–Crippen LogP) is 7.53. The van der Waals surface area contributed by atoms with Gasteiger partial charge in [0.05, 0.1) is 37.4 Å². The fourth-order valence-corrected chi connectivity index (χ4v) is 10.4. The lowest BCUT2D eigenvalue weighted by atomic mass is 9.81. The molecular weight excluding hydrogens is 789 g/mol. The Hall–Kier alpha value is -4.93. The number of nitrogens with zero attached hydrogens (tertiary/aromatic N) is 4. The Labute approximate surface area is 341 Å². The van der Waals surface area contributed by atoms with Gasteiger partial charge in [0.2, 0.25) is 11.8 Å². The largest absolute Gasteiger partial charge is 0.416 e. The van der Waals surface area contributed by atoms with Gasteiger partial charge in [-0.2, -0.15) is 13.2 Å². The molecule has 3 atom stereocenters. The first-order valence-corrected chi connectivity index (χ1v) is 20.8. The van der Waals surface area contributed by atoms with Crippen molar-refractivity contribution in [1.82, 2.24) is 24.3 Å². The third-order valence-electron chi connectivity index (χ3n) is 12.3.